The Kier molecular flexibility index (Phi) is 12.8. The lowest BCUT2D eigenvalue weighted by molar-refractivity contribution is -0.356. The van der Waals surface area contributed by atoms with Crippen molar-refractivity contribution in [2.45, 2.75) is 68.7 Å². The standard InChI is InChI=1S/C32H42O15/c1-16-23(14-33)44-32(27(39)26(16)38)47-30-28(40)31(43-11-10-18-5-8-21(41-2)20(36)12-18)45-24(15-34)29(30)46-25(37)9-6-17-4-7-19(35)22(13-17)42-3/h4-9,12-13,16,23-24,26-36,38-40H,10-11,14-15H2,1-3H3/t16-,23-,24+,26+,27+,28+,29+,30+,31+,32-/m0/s1. The molecule has 0 unspecified atom stereocenters. The van der Waals surface area contributed by atoms with Crippen LogP contribution in [0.4, 0.5) is 0 Å². The second kappa shape index (κ2) is 16.5. The van der Waals surface area contributed by atoms with Crippen LogP contribution in [0.15, 0.2) is 42.5 Å². The Morgan fingerprint density at radius 3 is 2.19 bits per heavy atom. The quantitative estimate of drug-likeness (QED) is 0.109. The third-order valence-electron chi connectivity index (χ3n) is 8.11. The summed E-state index contributed by atoms with van der Waals surface area (Å²) in [5.41, 5.74) is 1.17. The molecular formula is C32H42O15. The predicted octanol–water partition coefficient (Wildman–Crippen LogP) is -0.162. The fourth-order valence-corrected chi connectivity index (χ4v) is 5.34. The Morgan fingerprint density at radius 2 is 1.53 bits per heavy atom. The monoisotopic (exact) mass is 666 g/mol. The molecule has 7 N–H and O–H groups in total. The van der Waals surface area contributed by atoms with E-state index in [9.17, 15) is 40.5 Å². The van der Waals surface area contributed by atoms with Crippen molar-refractivity contribution in [1.29, 1.82) is 0 Å². The lowest BCUT2D eigenvalue weighted by atomic mass is 9.91. The number of aromatic hydroxyl groups is 2. The smallest absolute Gasteiger partial charge is 0.331 e. The van der Waals surface area contributed by atoms with Crippen molar-refractivity contribution < 1.29 is 73.7 Å². The van der Waals surface area contributed by atoms with Crippen molar-refractivity contribution >= 4 is 12.0 Å². The summed E-state index contributed by atoms with van der Waals surface area (Å²) < 4.78 is 38.9. The van der Waals surface area contributed by atoms with Crippen LogP contribution in [0.1, 0.15) is 18.1 Å². The summed E-state index contributed by atoms with van der Waals surface area (Å²) in [6.07, 6.45) is -10.1. The third kappa shape index (κ3) is 8.70. The molecule has 2 aliphatic heterocycles. The Balaban J connectivity index is 1.53. The lowest BCUT2D eigenvalue weighted by Gasteiger charge is -2.47. The summed E-state index contributed by atoms with van der Waals surface area (Å²) in [6.45, 7) is 0.344. The molecule has 47 heavy (non-hydrogen) atoms. The summed E-state index contributed by atoms with van der Waals surface area (Å²) in [5.74, 6) is -1.28. The minimum Gasteiger partial charge on any atom is -0.504 e. The number of esters is 1. The van der Waals surface area contributed by atoms with Crippen LogP contribution in [-0.2, 0) is 34.9 Å². The molecule has 2 saturated heterocycles. The van der Waals surface area contributed by atoms with E-state index in [-0.39, 0.29) is 30.3 Å². The van der Waals surface area contributed by atoms with Crippen molar-refractivity contribution in [3.63, 3.8) is 0 Å². The van der Waals surface area contributed by atoms with E-state index in [4.69, 9.17) is 33.2 Å². The Hall–Kier alpha value is -3.51. The van der Waals surface area contributed by atoms with Crippen LogP contribution in [0.2, 0.25) is 0 Å². The van der Waals surface area contributed by atoms with Crippen molar-refractivity contribution in [2.75, 3.05) is 34.0 Å². The summed E-state index contributed by atoms with van der Waals surface area (Å²) in [6, 6.07) is 9.17. The molecule has 2 fully saturated rings. The zero-order valence-electron chi connectivity index (χ0n) is 26.1. The molecule has 2 heterocycles. The van der Waals surface area contributed by atoms with Crippen molar-refractivity contribution in [3.8, 4) is 23.0 Å². The molecule has 15 nitrogen and oxygen atoms in total. The van der Waals surface area contributed by atoms with Gasteiger partial charge in [0.15, 0.2) is 41.7 Å². The normalized spacial score (nSPS) is 31.1. The molecule has 2 aliphatic rings. The number of methoxy groups -OCH3 is 2. The van der Waals surface area contributed by atoms with Crippen LogP contribution < -0.4 is 9.47 Å². The van der Waals surface area contributed by atoms with Gasteiger partial charge in [0.25, 0.3) is 0 Å². The first-order valence-corrected chi connectivity index (χ1v) is 15.0. The highest BCUT2D eigenvalue weighted by Crippen LogP contribution is 2.33. The second-order valence-corrected chi connectivity index (χ2v) is 11.2. The first-order valence-electron chi connectivity index (χ1n) is 15.0. The fourth-order valence-electron chi connectivity index (χ4n) is 5.34. The number of carbonyl (C=O) groups is 1. The van der Waals surface area contributed by atoms with E-state index >= 15 is 0 Å². The zero-order valence-corrected chi connectivity index (χ0v) is 26.1. The highest BCUT2D eigenvalue weighted by Gasteiger charge is 2.52. The summed E-state index contributed by atoms with van der Waals surface area (Å²) in [4.78, 5) is 13.0. The molecule has 15 heteroatoms. The van der Waals surface area contributed by atoms with Crippen LogP contribution in [0.25, 0.3) is 6.08 Å². The topological polar surface area (TPSA) is 223 Å². The van der Waals surface area contributed by atoms with Gasteiger partial charge in [-0.2, -0.15) is 0 Å². The van der Waals surface area contributed by atoms with Gasteiger partial charge in [-0.05, 0) is 47.9 Å². The molecule has 0 amide bonds. The summed E-state index contributed by atoms with van der Waals surface area (Å²) >= 11 is 0. The predicted molar refractivity (Wildman–Crippen MR) is 161 cm³/mol. The average molecular weight is 667 g/mol. The van der Waals surface area contributed by atoms with Gasteiger partial charge in [-0.25, -0.2) is 4.79 Å². The highest BCUT2D eigenvalue weighted by molar-refractivity contribution is 5.87. The minimum atomic E-state index is -1.68. The van der Waals surface area contributed by atoms with E-state index in [1.807, 2.05) is 0 Å². The molecule has 0 aliphatic carbocycles. The Bertz CT molecular complexity index is 1350. The Labute approximate surface area is 271 Å². The Morgan fingerprint density at radius 1 is 0.830 bits per heavy atom. The van der Waals surface area contributed by atoms with E-state index in [0.717, 1.165) is 6.08 Å². The van der Waals surface area contributed by atoms with Gasteiger partial charge >= 0.3 is 5.97 Å². The molecule has 0 saturated carbocycles. The fraction of sp³-hybridized carbons (Fsp3) is 0.531. The number of hydrogen-bond acceptors (Lipinski definition) is 15. The molecule has 260 valence electrons. The molecule has 0 spiro atoms. The van der Waals surface area contributed by atoms with Gasteiger partial charge in [-0.1, -0.05) is 19.1 Å². The van der Waals surface area contributed by atoms with Crippen LogP contribution in [0.3, 0.4) is 0 Å². The van der Waals surface area contributed by atoms with Crippen molar-refractivity contribution in [3.05, 3.63) is 53.6 Å². The third-order valence-corrected chi connectivity index (χ3v) is 8.11. The van der Waals surface area contributed by atoms with Crippen LogP contribution in [0, 0.1) is 5.92 Å². The van der Waals surface area contributed by atoms with Gasteiger partial charge in [0.2, 0.25) is 0 Å². The molecule has 0 radical (unpaired) electrons. The van der Waals surface area contributed by atoms with E-state index in [0.29, 0.717) is 16.9 Å². The second-order valence-electron chi connectivity index (χ2n) is 11.2. The largest absolute Gasteiger partial charge is 0.504 e. The van der Waals surface area contributed by atoms with Gasteiger partial charge in [-0.3, -0.25) is 0 Å². The number of hydrogen-bond donors (Lipinski definition) is 7. The molecule has 10 atom stereocenters. The van der Waals surface area contributed by atoms with E-state index in [1.165, 1.54) is 44.6 Å². The molecule has 2 aromatic rings. The average Bonchev–Trinajstić information content (AvgIpc) is 3.06. The number of benzene rings is 2. The number of rotatable bonds is 13. The van der Waals surface area contributed by atoms with Gasteiger partial charge in [0, 0.05) is 12.0 Å². The summed E-state index contributed by atoms with van der Waals surface area (Å²) in [7, 11) is 2.79. The first-order chi connectivity index (χ1) is 22.5. The van der Waals surface area contributed by atoms with Gasteiger partial charge in [0.05, 0.1) is 46.2 Å². The maximum absolute atomic E-state index is 13.0. The van der Waals surface area contributed by atoms with Gasteiger partial charge in [0.1, 0.15) is 24.4 Å². The van der Waals surface area contributed by atoms with Crippen molar-refractivity contribution in [2.24, 2.45) is 5.92 Å². The lowest BCUT2D eigenvalue weighted by Crippen LogP contribution is -2.64. The SMILES string of the molecule is COc1ccc(CCO[C@@H]2O[C@H](CO)[C@@H](OC(=O)C=Cc3ccc(O)c(OC)c3)[C@H](O[C@@H]3O[C@@H](CO)[C@H](C)[C@@H](O)[C@H]3O)[C@H]2O)cc1O. The minimum absolute atomic E-state index is 0.0208. The van der Waals surface area contributed by atoms with Crippen LogP contribution >= 0.6 is 0 Å². The first kappa shape index (κ1) is 36.3. The molecule has 2 aromatic carbocycles. The van der Waals surface area contributed by atoms with Crippen LogP contribution in [0.5, 0.6) is 23.0 Å². The maximum Gasteiger partial charge on any atom is 0.331 e. The molecular weight excluding hydrogens is 624 g/mol. The number of aliphatic hydroxyl groups excluding tert-OH is 5. The summed E-state index contributed by atoms with van der Waals surface area (Å²) in [5, 5.41) is 72.6. The van der Waals surface area contributed by atoms with E-state index < -0.39 is 80.4 Å². The maximum atomic E-state index is 13.0. The zero-order chi connectivity index (χ0) is 34.2. The van der Waals surface area contributed by atoms with Gasteiger partial charge < -0.3 is 68.9 Å². The number of aliphatic hydroxyl groups is 5. The van der Waals surface area contributed by atoms with E-state index in [1.54, 1.807) is 19.1 Å². The number of ether oxygens (including phenoxy) is 7. The number of carbonyl (C=O) groups excluding carboxylic acids is 1. The molecule has 4 rings (SSSR count). The van der Waals surface area contributed by atoms with Crippen LogP contribution in [-0.4, -0.2) is 131 Å². The molecule has 0 bridgehead atoms. The van der Waals surface area contributed by atoms with E-state index in [2.05, 4.69) is 0 Å². The molecule has 0 aromatic heterocycles. The number of phenolic OH excluding ortho intramolecular Hbond substituents is 2. The van der Waals surface area contributed by atoms with Crippen molar-refractivity contribution in [1.82, 2.24) is 0 Å². The van der Waals surface area contributed by atoms with Gasteiger partial charge in [-0.15, -0.1) is 0 Å². The number of phenols is 2. The highest BCUT2D eigenvalue weighted by atomic mass is 16.7.